The quantitative estimate of drug-likeness (QED) is 0.534. The number of hydrogen-bond donors (Lipinski definition) is 1. The first-order valence-electron chi connectivity index (χ1n) is 3.35. The van der Waals surface area contributed by atoms with Crippen LogP contribution in [0.25, 0.3) is 0 Å². The summed E-state index contributed by atoms with van der Waals surface area (Å²) in [5.41, 5.74) is 0. The number of hydrogen-bond acceptors (Lipinski definition) is 3. The summed E-state index contributed by atoms with van der Waals surface area (Å²) in [6.45, 7) is 5.19. The molecule has 0 radical (unpaired) electrons. The van der Waals surface area contributed by atoms with E-state index in [1.165, 1.54) is 0 Å². The lowest BCUT2D eigenvalue weighted by molar-refractivity contribution is -0.143. The molecule has 1 heterocycles. The van der Waals surface area contributed by atoms with Crippen molar-refractivity contribution in [3.05, 3.63) is 0 Å². The summed E-state index contributed by atoms with van der Waals surface area (Å²) in [5, 5.41) is 5.30. The smallest absolute Gasteiger partial charge is 0.0575 e. The van der Waals surface area contributed by atoms with Crippen LogP contribution in [0.2, 0.25) is 0 Å². The Hall–Kier alpha value is -0.120. The van der Waals surface area contributed by atoms with Gasteiger partial charge in [-0.3, -0.25) is 0 Å². The Morgan fingerprint density at radius 3 is 2.89 bits per heavy atom. The Bertz CT molecular complexity index is 87.1. The highest BCUT2D eigenvalue weighted by Gasteiger charge is 2.13. The van der Waals surface area contributed by atoms with E-state index in [2.05, 4.69) is 12.2 Å². The zero-order chi connectivity index (χ0) is 6.69. The second-order valence-corrected chi connectivity index (χ2v) is 2.43. The maximum absolute atomic E-state index is 5.05. The van der Waals surface area contributed by atoms with Crippen molar-refractivity contribution >= 4 is 0 Å². The molecule has 0 aliphatic carbocycles. The van der Waals surface area contributed by atoms with Crippen LogP contribution in [-0.2, 0) is 4.84 Å². The van der Waals surface area contributed by atoms with Gasteiger partial charge < -0.3 is 10.2 Å². The van der Waals surface area contributed by atoms with Gasteiger partial charge in [0.2, 0.25) is 0 Å². The van der Waals surface area contributed by atoms with E-state index in [1.54, 1.807) is 7.11 Å². The molecule has 0 spiro atoms. The van der Waals surface area contributed by atoms with Crippen LogP contribution >= 0.6 is 0 Å². The molecule has 0 unspecified atom stereocenters. The van der Waals surface area contributed by atoms with Gasteiger partial charge in [0.15, 0.2) is 0 Å². The van der Waals surface area contributed by atoms with Gasteiger partial charge in [0.05, 0.1) is 7.11 Å². The normalized spacial score (nSPS) is 30.7. The van der Waals surface area contributed by atoms with Crippen molar-refractivity contribution in [1.82, 2.24) is 10.4 Å². The van der Waals surface area contributed by atoms with Crippen molar-refractivity contribution in [1.29, 1.82) is 0 Å². The Kier molecular flexibility index (Phi) is 2.45. The fourth-order valence-corrected chi connectivity index (χ4v) is 1.06. The lowest BCUT2D eigenvalue weighted by Gasteiger charge is -2.29. The highest BCUT2D eigenvalue weighted by atomic mass is 16.7. The Labute approximate surface area is 55.9 Å². The summed E-state index contributed by atoms with van der Waals surface area (Å²) in [5.74, 6) is 0. The van der Waals surface area contributed by atoms with Crippen LogP contribution in [0.15, 0.2) is 0 Å². The molecule has 1 aliphatic heterocycles. The summed E-state index contributed by atoms with van der Waals surface area (Å²) < 4.78 is 0. The zero-order valence-corrected chi connectivity index (χ0v) is 6.05. The molecule has 3 heteroatoms. The average Bonchev–Trinajstić information content (AvgIpc) is 1.88. The molecular formula is C6H14N2O. The number of rotatable bonds is 1. The predicted octanol–water partition coefficient (Wildman–Crippen LogP) is -0.159. The standard InChI is InChI=1S/C6H14N2O/c1-6-5-8(9-2)4-3-7-6/h6-7H,3-5H2,1-2H3/t6-/m1/s1. The van der Waals surface area contributed by atoms with Crippen LogP contribution in [0.1, 0.15) is 6.92 Å². The first-order valence-corrected chi connectivity index (χ1v) is 3.35. The third-order valence-electron chi connectivity index (χ3n) is 1.59. The van der Waals surface area contributed by atoms with Crippen LogP contribution in [0.3, 0.4) is 0 Å². The SMILES string of the molecule is CON1CCN[C@H](C)C1. The summed E-state index contributed by atoms with van der Waals surface area (Å²) >= 11 is 0. The summed E-state index contributed by atoms with van der Waals surface area (Å²) in [4.78, 5) is 5.05. The third-order valence-corrected chi connectivity index (χ3v) is 1.59. The molecule has 0 aromatic heterocycles. The van der Waals surface area contributed by atoms with E-state index in [0.717, 1.165) is 19.6 Å². The predicted molar refractivity (Wildman–Crippen MR) is 36.0 cm³/mol. The largest absolute Gasteiger partial charge is 0.312 e. The fraction of sp³-hybridized carbons (Fsp3) is 1.00. The number of hydroxylamine groups is 2. The lowest BCUT2D eigenvalue weighted by atomic mass is 10.3. The van der Waals surface area contributed by atoms with Gasteiger partial charge in [0.1, 0.15) is 0 Å². The summed E-state index contributed by atoms with van der Waals surface area (Å²) in [7, 11) is 1.72. The molecule has 0 aromatic rings. The van der Waals surface area contributed by atoms with Crippen molar-refractivity contribution in [2.24, 2.45) is 0 Å². The monoisotopic (exact) mass is 130 g/mol. The van der Waals surface area contributed by atoms with Crippen molar-refractivity contribution in [2.45, 2.75) is 13.0 Å². The Morgan fingerprint density at radius 2 is 2.44 bits per heavy atom. The molecular weight excluding hydrogens is 116 g/mol. The molecule has 1 saturated heterocycles. The molecule has 54 valence electrons. The van der Waals surface area contributed by atoms with Crippen LogP contribution in [0.4, 0.5) is 0 Å². The second kappa shape index (κ2) is 3.15. The molecule has 1 atom stereocenters. The third kappa shape index (κ3) is 1.93. The second-order valence-electron chi connectivity index (χ2n) is 2.43. The van der Waals surface area contributed by atoms with Gasteiger partial charge in [-0.05, 0) is 6.92 Å². The highest BCUT2D eigenvalue weighted by Crippen LogP contribution is 1.96. The number of piperazine rings is 1. The molecule has 0 aromatic carbocycles. The van der Waals surface area contributed by atoms with E-state index in [9.17, 15) is 0 Å². The van der Waals surface area contributed by atoms with Gasteiger partial charge >= 0.3 is 0 Å². The molecule has 0 amide bonds. The summed E-state index contributed by atoms with van der Waals surface area (Å²) in [6, 6.07) is 0.568. The van der Waals surface area contributed by atoms with Gasteiger partial charge in [-0.15, -0.1) is 0 Å². The molecule has 9 heavy (non-hydrogen) atoms. The van der Waals surface area contributed by atoms with E-state index in [1.807, 2.05) is 5.06 Å². The molecule has 3 nitrogen and oxygen atoms in total. The van der Waals surface area contributed by atoms with Gasteiger partial charge in [0, 0.05) is 25.7 Å². The van der Waals surface area contributed by atoms with Crippen molar-refractivity contribution < 1.29 is 4.84 Å². The van der Waals surface area contributed by atoms with E-state index in [0.29, 0.717) is 6.04 Å². The van der Waals surface area contributed by atoms with Gasteiger partial charge in [-0.1, -0.05) is 0 Å². The minimum absolute atomic E-state index is 0.568. The van der Waals surface area contributed by atoms with Gasteiger partial charge in [-0.25, -0.2) is 0 Å². The average molecular weight is 130 g/mol. The van der Waals surface area contributed by atoms with Gasteiger partial charge in [0.25, 0.3) is 0 Å². The first-order chi connectivity index (χ1) is 4.33. The fourth-order valence-electron chi connectivity index (χ4n) is 1.06. The molecule has 0 bridgehead atoms. The van der Waals surface area contributed by atoms with Crippen molar-refractivity contribution in [3.63, 3.8) is 0 Å². The van der Waals surface area contributed by atoms with Gasteiger partial charge in [-0.2, -0.15) is 5.06 Å². The van der Waals surface area contributed by atoms with Crippen LogP contribution in [0.5, 0.6) is 0 Å². The molecule has 0 saturated carbocycles. The Balaban J connectivity index is 2.23. The van der Waals surface area contributed by atoms with Crippen LogP contribution in [0, 0.1) is 0 Å². The van der Waals surface area contributed by atoms with E-state index >= 15 is 0 Å². The number of nitrogens with one attached hydrogen (secondary N) is 1. The lowest BCUT2D eigenvalue weighted by Crippen LogP contribution is -2.48. The minimum atomic E-state index is 0.568. The maximum atomic E-state index is 5.05. The van der Waals surface area contributed by atoms with E-state index in [-0.39, 0.29) is 0 Å². The van der Waals surface area contributed by atoms with Crippen LogP contribution in [-0.4, -0.2) is 37.8 Å². The van der Waals surface area contributed by atoms with Crippen molar-refractivity contribution in [2.75, 3.05) is 26.7 Å². The summed E-state index contributed by atoms with van der Waals surface area (Å²) in [6.07, 6.45) is 0. The topological polar surface area (TPSA) is 24.5 Å². The molecule has 1 aliphatic rings. The molecule has 1 rings (SSSR count). The van der Waals surface area contributed by atoms with Crippen LogP contribution < -0.4 is 5.32 Å². The first kappa shape index (κ1) is 6.99. The molecule has 1 N–H and O–H groups in total. The number of nitrogens with zero attached hydrogens (tertiary/aromatic N) is 1. The maximum Gasteiger partial charge on any atom is 0.0575 e. The zero-order valence-electron chi connectivity index (χ0n) is 6.05. The van der Waals surface area contributed by atoms with Crippen molar-refractivity contribution in [3.8, 4) is 0 Å². The highest BCUT2D eigenvalue weighted by molar-refractivity contribution is 4.69. The van der Waals surface area contributed by atoms with E-state index < -0.39 is 0 Å². The van der Waals surface area contributed by atoms with E-state index in [4.69, 9.17) is 4.84 Å². The minimum Gasteiger partial charge on any atom is -0.312 e. The molecule has 1 fully saturated rings. The Morgan fingerprint density at radius 1 is 1.67 bits per heavy atom.